The molecule has 0 unspecified atom stereocenters. The lowest BCUT2D eigenvalue weighted by molar-refractivity contribution is -0.120. The molecule has 6 nitrogen and oxygen atoms in total. The minimum absolute atomic E-state index is 0.136. The maximum absolute atomic E-state index is 12.7. The van der Waals surface area contributed by atoms with Gasteiger partial charge in [0.15, 0.2) is 0 Å². The van der Waals surface area contributed by atoms with E-state index in [-0.39, 0.29) is 23.4 Å². The maximum atomic E-state index is 12.7. The maximum Gasteiger partial charge on any atom is 0.319 e. The summed E-state index contributed by atoms with van der Waals surface area (Å²) in [6.45, 7) is 3.99. The highest BCUT2D eigenvalue weighted by molar-refractivity contribution is 5.90. The van der Waals surface area contributed by atoms with Gasteiger partial charge in [-0.2, -0.15) is 0 Å². The molecule has 31 heavy (non-hydrogen) atoms. The van der Waals surface area contributed by atoms with Crippen molar-refractivity contribution in [1.29, 1.82) is 0 Å². The highest BCUT2D eigenvalue weighted by Gasteiger charge is 2.38. The van der Waals surface area contributed by atoms with Crippen LogP contribution in [0, 0.1) is 0 Å². The molecule has 3 atom stereocenters. The number of hydrogen-bond acceptors (Lipinski definition) is 3. The molecule has 6 heteroatoms. The smallest absolute Gasteiger partial charge is 0.319 e. The highest BCUT2D eigenvalue weighted by Crippen LogP contribution is 2.38. The zero-order valence-electron chi connectivity index (χ0n) is 18.4. The largest absolute Gasteiger partial charge is 0.391 e. The van der Waals surface area contributed by atoms with Gasteiger partial charge >= 0.3 is 6.03 Å². The predicted octanol–water partition coefficient (Wildman–Crippen LogP) is 3.75. The number of para-hydroxylation sites is 1. The summed E-state index contributed by atoms with van der Waals surface area (Å²) in [4.78, 5) is 24.3. The van der Waals surface area contributed by atoms with Gasteiger partial charge in [-0.05, 0) is 49.3 Å². The molecule has 0 spiro atoms. The van der Waals surface area contributed by atoms with Gasteiger partial charge in [0.25, 0.3) is 0 Å². The molecule has 0 heterocycles. The number of aryl methyl sites for hydroxylation is 1. The molecule has 1 aliphatic carbocycles. The van der Waals surface area contributed by atoms with Crippen molar-refractivity contribution in [3.8, 4) is 0 Å². The van der Waals surface area contributed by atoms with Crippen molar-refractivity contribution in [2.24, 2.45) is 0 Å². The lowest BCUT2D eigenvalue weighted by Gasteiger charge is -2.34. The third-order valence-electron chi connectivity index (χ3n) is 6.33. The molecule has 4 N–H and O–H groups in total. The number of carbonyl (C=O) groups excluding carboxylic acids is 2. The van der Waals surface area contributed by atoms with Crippen molar-refractivity contribution >= 4 is 17.6 Å². The summed E-state index contributed by atoms with van der Waals surface area (Å²) in [7, 11) is 0. The van der Waals surface area contributed by atoms with Gasteiger partial charge in [0.1, 0.15) is 0 Å². The second kappa shape index (κ2) is 10.4. The first-order valence-electron chi connectivity index (χ1n) is 11.1. The number of anilines is 1. The fourth-order valence-corrected chi connectivity index (χ4v) is 4.53. The standard InChI is InChI=1S/C25H33N3O3/c1-3-19-9-7-8-12-21(19)28-24(31)26-17-25(20-10-5-4-6-11-20)15-13-22(27-18(2)29)23(30)14-16-25/h4-12,22-23,30H,3,13-17H2,1-2H3,(H,27,29)(H2,26,28,31)/t22-,23-,25-/m0/s1. The van der Waals surface area contributed by atoms with Crippen LogP contribution in [0.1, 0.15) is 50.7 Å². The van der Waals surface area contributed by atoms with E-state index in [2.05, 4.69) is 35.0 Å². The Morgan fingerprint density at radius 3 is 2.42 bits per heavy atom. The first-order chi connectivity index (χ1) is 14.9. The Bertz CT molecular complexity index is 887. The summed E-state index contributed by atoms with van der Waals surface area (Å²) in [5.41, 5.74) is 2.74. The zero-order valence-corrected chi connectivity index (χ0v) is 18.4. The monoisotopic (exact) mass is 423 g/mol. The number of urea groups is 1. The van der Waals surface area contributed by atoms with Gasteiger partial charge in [0, 0.05) is 24.6 Å². The Labute approximate surface area is 184 Å². The van der Waals surface area contributed by atoms with Gasteiger partial charge < -0.3 is 21.1 Å². The number of aliphatic hydroxyl groups is 1. The number of rotatable bonds is 6. The number of aliphatic hydroxyl groups excluding tert-OH is 1. The molecule has 0 bridgehead atoms. The number of benzene rings is 2. The first kappa shape index (κ1) is 22.8. The number of hydrogen-bond donors (Lipinski definition) is 4. The van der Waals surface area contributed by atoms with E-state index < -0.39 is 6.10 Å². The summed E-state index contributed by atoms with van der Waals surface area (Å²) in [5.74, 6) is -0.136. The number of amides is 3. The normalized spacial score (nSPS) is 23.5. The van der Waals surface area contributed by atoms with E-state index >= 15 is 0 Å². The Balaban J connectivity index is 1.75. The van der Waals surface area contributed by atoms with Crippen LogP contribution in [0.4, 0.5) is 10.5 Å². The first-order valence-corrected chi connectivity index (χ1v) is 11.1. The van der Waals surface area contributed by atoms with Crippen LogP contribution in [0.15, 0.2) is 54.6 Å². The van der Waals surface area contributed by atoms with Crippen molar-refractivity contribution in [2.45, 2.75) is 63.5 Å². The lowest BCUT2D eigenvalue weighted by Crippen LogP contribution is -2.43. The van der Waals surface area contributed by atoms with Gasteiger partial charge in [-0.3, -0.25) is 4.79 Å². The fraction of sp³-hybridized carbons (Fsp3) is 0.440. The van der Waals surface area contributed by atoms with Gasteiger partial charge in [0.2, 0.25) is 5.91 Å². The lowest BCUT2D eigenvalue weighted by atomic mass is 9.74. The average Bonchev–Trinajstić information content (AvgIpc) is 2.93. The van der Waals surface area contributed by atoms with Gasteiger partial charge in [-0.1, -0.05) is 55.5 Å². The van der Waals surface area contributed by atoms with Crippen LogP contribution >= 0.6 is 0 Å². The fourth-order valence-electron chi connectivity index (χ4n) is 4.53. The van der Waals surface area contributed by atoms with Gasteiger partial charge in [0.05, 0.1) is 12.1 Å². The van der Waals surface area contributed by atoms with E-state index in [1.807, 2.05) is 42.5 Å². The van der Waals surface area contributed by atoms with Gasteiger partial charge in [-0.15, -0.1) is 0 Å². The highest BCUT2D eigenvalue weighted by atomic mass is 16.3. The van der Waals surface area contributed by atoms with E-state index in [1.54, 1.807) is 0 Å². The van der Waals surface area contributed by atoms with Gasteiger partial charge in [-0.25, -0.2) is 4.79 Å². The van der Waals surface area contributed by atoms with Crippen molar-refractivity contribution in [3.63, 3.8) is 0 Å². The van der Waals surface area contributed by atoms with E-state index in [1.165, 1.54) is 6.92 Å². The Hall–Kier alpha value is -2.86. The summed E-state index contributed by atoms with van der Waals surface area (Å²) < 4.78 is 0. The molecule has 0 aromatic heterocycles. The molecule has 2 aromatic carbocycles. The Kier molecular flexibility index (Phi) is 7.69. The molecule has 1 aliphatic rings. The second-order valence-corrected chi connectivity index (χ2v) is 8.42. The summed E-state index contributed by atoms with van der Waals surface area (Å²) in [6, 6.07) is 17.4. The molecule has 2 aromatic rings. The molecule has 0 radical (unpaired) electrons. The van der Waals surface area contributed by atoms with E-state index in [0.717, 1.165) is 36.1 Å². The minimum atomic E-state index is -0.597. The molecule has 0 saturated heterocycles. The van der Waals surface area contributed by atoms with E-state index in [0.29, 0.717) is 19.4 Å². The van der Waals surface area contributed by atoms with E-state index in [4.69, 9.17) is 0 Å². The topological polar surface area (TPSA) is 90.5 Å². The predicted molar refractivity (Wildman–Crippen MR) is 123 cm³/mol. The summed E-state index contributed by atoms with van der Waals surface area (Å²) >= 11 is 0. The Morgan fingerprint density at radius 2 is 1.71 bits per heavy atom. The number of carbonyl (C=O) groups is 2. The third-order valence-corrected chi connectivity index (χ3v) is 6.33. The molecule has 0 aliphatic heterocycles. The second-order valence-electron chi connectivity index (χ2n) is 8.42. The van der Waals surface area contributed by atoms with Crippen molar-refractivity contribution in [1.82, 2.24) is 10.6 Å². The molecule has 3 rings (SSSR count). The third kappa shape index (κ3) is 5.85. The minimum Gasteiger partial charge on any atom is -0.391 e. The van der Waals surface area contributed by atoms with Crippen molar-refractivity contribution in [2.75, 3.05) is 11.9 Å². The summed E-state index contributed by atoms with van der Waals surface area (Å²) in [6.07, 6.45) is 2.93. The van der Waals surface area contributed by atoms with Crippen LogP contribution in [0.2, 0.25) is 0 Å². The molecule has 1 saturated carbocycles. The SMILES string of the molecule is CCc1ccccc1NC(=O)NC[C@]1(c2ccccc2)CC[C@H](NC(C)=O)[C@@H](O)CC1. The molecule has 166 valence electrons. The van der Waals surface area contributed by atoms with E-state index in [9.17, 15) is 14.7 Å². The Morgan fingerprint density at radius 1 is 1.03 bits per heavy atom. The van der Waals surface area contributed by atoms with Crippen LogP contribution in [-0.2, 0) is 16.6 Å². The zero-order chi connectivity index (χ0) is 22.3. The van der Waals surface area contributed by atoms with Crippen LogP contribution in [-0.4, -0.2) is 35.7 Å². The van der Waals surface area contributed by atoms with Crippen molar-refractivity contribution < 1.29 is 14.7 Å². The van der Waals surface area contributed by atoms with Crippen molar-refractivity contribution in [3.05, 3.63) is 65.7 Å². The quantitative estimate of drug-likeness (QED) is 0.534. The van der Waals surface area contributed by atoms with Crippen LogP contribution in [0.5, 0.6) is 0 Å². The summed E-state index contributed by atoms with van der Waals surface area (Å²) in [5, 5.41) is 19.5. The van der Waals surface area contributed by atoms with Crippen LogP contribution in [0.3, 0.4) is 0 Å². The molecular weight excluding hydrogens is 390 g/mol. The van der Waals surface area contributed by atoms with Crippen LogP contribution < -0.4 is 16.0 Å². The molecule has 3 amide bonds. The molecular formula is C25H33N3O3. The average molecular weight is 424 g/mol. The number of nitrogens with one attached hydrogen (secondary N) is 3. The molecule has 1 fully saturated rings. The van der Waals surface area contributed by atoms with Crippen LogP contribution in [0.25, 0.3) is 0 Å².